The molecule has 0 aromatic rings. The van der Waals surface area contributed by atoms with Gasteiger partial charge in [-0.15, -0.1) is 0 Å². The van der Waals surface area contributed by atoms with E-state index in [0.29, 0.717) is 0 Å². The number of carbonyl (C=O) groups is 2. The Balaban J connectivity index is 3.42. The van der Waals surface area contributed by atoms with Crippen LogP contribution in [0.5, 0.6) is 0 Å². The van der Waals surface area contributed by atoms with Gasteiger partial charge in [0.1, 0.15) is 6.10 Å². The number of aliphatic hydroxyl groups is 2. The molecule has 5 nitrogen and oxygen atoms in total. The number of esters is 1. The minimum Gasteiger partial charge on any atom is -0.463 e. The summed E-state index contributed by atoms with van der Waals surface area (Å²) in [6.45, 7) is 4.74. The zero-order chi connectivity index (χ0) is 21.3. The van der Waals surface area contributed by atoms with E-state index in [4.69, 9.17) is 4.74 Å². The number of hydrogen-bond acceptors (Lipinski definition) is 5. The van der Waals surface area contributed by atoms with Gasteiger partial charge < -0.3 is 14.9 Å². The van der Waals surface area contributed by atoms with Crippen LogP contribution < -0.4 is 0 Å². The first-order chi connectivity index (χ1) is 13.3. The van der Waals surface area contributed by atoms with Gasteiger partial charge in [0.25, 0.3) is 0 Å². The van der Waals surface area contributed by atoms with E-state index in [0.717, 1.165) is 26.2 Å². The lowest BCUT2D eigenvalue weighted by Crippen LogP contribution is -2.49. The maximum absolute atomic E-state index is 11.8. The highest BCUT2D eigenvalue weighted by Crippen LogP contribution is 2.14. The first-order valence-corrected chi connectivity index (χ1v) is 11.5. The third-order valence-electron chi connectivity index (χ3n) is 5.24. The fourth-order valence-electron chi connectivity index (χ4n) is 3.29. The molecule has 2 unspecified atom stereocenters. The smallest absolute Gasteiger partial charge is 0.345 e. The average molecular weight is 401 g/mol. The molecule has 0 heterocycles. The summed E-state index contributed by atoms with van der Waals surface area (Å²) in [5.74, 6) is -1.92. The fraction of sp³-hybridized carbons (Fsp3) is 0.913. The molecule has 0 amide bonds. The van der Waals surface area contributed by atoms with Crippen LogP contribution in [0.15, 0.2) is 0 Å². The van der Waals surface area contributed by atoms with Crippen LogP contribution >= 0.6 is 0 Å². The first-order valence-electron chi connectivity index (χ1n) is 11.5. The summed E-state index contributed by atoms with van der Waals surface area (Å²) in [6.07, 6.45) is 17.5. The first kappa shape index (κ1) is 27.1. The predicted octanol–water partition coefficient (Wildman–Crippen LogP) is 5.10. The van der Waals surface area contributed by atoms with E-state index in [2.05, 4.69) is 6.92 Å². The largest absolute Gasteiger partial charge is 0.463 e. The fourth-order valence-corrected chi connectivity index (χ4v) is 3.29. The molecule has 166 valence electrons. The second-order valence-electron chi connectivity index (χ2n) is 8.20. The van der Waals surface area contributed by atoms with Gasteiger partial charge in [-0.05, 0) is 20.3 Å². The Bertz CT molecular complexity index is 404. The lowest BCUT2D eigenvalue weighted by atomic mass is 9.97. The normalized spacial score (nSPS) is 14.5. The van der Waals surface area contributed by atoms with Crippen LogP contribution in [0.4, 0.5) is 0 Å². The van der Waals surface area contributed by atoms with Crippen LogP contribution in [0, 0.1) is 0 Å². The highest BCUT2D eigenvalue weighted by atomic mass is 16.6. The maximum atomic E-state index is 11.8. The van der Waals surface area contributed by atoms with E-state index in [1.165, 1.54) is 84.0 Å². The number of aliphatic hydroxyl groups excluding tert-OH is 1. The Kier molecular flexibility index (Phi) is 16.4. The number of hydrogen-bond donors (Lipinski definition) is 2. The molecule has 0 saturated carbocycles. The molecule has 28 heavy (non-hydrogen) atoms. The molecule has 0 aliphatic carbocycles. The zero-order valence-corrected chi connectivity index (χ0v) is 18.5. The van der Waals surface area contributed by atoms with Crippen molar-refractivity contribution in [1.29, 1.82) is 0 Å². The van der Waals surface area contributed by atoms with Gasteiger partial charge in [0, 0.05) is 0 Å². The molecule has 0 bridgehead atoms. The number of Topliss-reactive ketones (excluding diaryl/α,β-unsaturated/α-hetero) is 1. The summed E-state index contributed by atoms with van der Waals surface area (Å²) in [6, 6.07) is 0. The van der Waals surface area contributed by atoms with E-state index in [-0.39, 0.29) is 6.61 Å². The van der Waals surface area contributed by atoms with Gasteiger partial charge in [0.2, 0.25) is 11.4 Å². The van der Waals surface area contributed by atoms with Crippen molar-refractivity contribution in [2.45, 2.75) is 129 Å². The van der Waals surface area contributed by atoms with Crippen molar-refractivity contribution in [1.82, 2.24) is 0 Å². The predicted molar refractivity (Wildman–Crippen MR) is 113 cm³/mol. The average Bonchev–Trinajstić information content (AvgIpc) is 2.66. The topological polar surface area (TPSA) is 83.8 Å². The van der Waals surface area contributed by atoms with Crippen LogP contribution in [0.2, 0.25) is 0 Å². The van der Waals surface area contributed by atoms with Crippen molar-refractivity contribution in [3.05, 3.63) is 0 Å². The molecular formula is C23H44O5. The Morgan fingerprint density at radius 3 is 1.50 bits per heavy atom. The summed E-state index contributed by atoms with van der Waals surface area (Å²) in [5.41, 5.74) is -2.27. The van der Waals surface area contributed by atoms with Gasteiger partial charge in [0.05, 0.1) is 6.61 Å². The quantitative estimate of drug-likeness (QED) is 0.179. The molecule has 0 saturated heterocycles. The second kappa shape index (κ2) is 17.0. The Morgan fingerprint density at radius 1 is 0.786 bits per heavy atom. The van der Waals surface area contributed by atoms with Crippen LogP contribution in [-0.4, -0.2) is 40.3 Å². The molecule has 2 N–H and O–H groups in total. The summed E-state index contributed by atoms with van der Waals surface area (Å²) < 4.78 is 4.97. The highest BCUT2D eigenvalue weighted by Gasteiger charge is 2.42. The monoisotopic (exact) mass is 400 g/mol. The Hall–Kier alpha value is -0.940. The van der Waals surface area contributed by atoms with E-state index in [9.17, 15) is 19.8 Å². The van der Waals surface area contributed by atoms with E-state index in [1.807, 2.05) is 0 Å². The molecule has 2 atom stereocenters. The molecule has 0 aliphatic heterocycles. The molecule has 0 rings (SSSR count). The van der Waals surface area contributed by atoms with E-state index in [1.54, 1.807) is 0 Å². The van der Waals surface area contributed by atoms with Crippen molar-refractivity contribution in [2.75, 3.05) is 6.61 Å². The molecule has 5 heteroatoms. The number of carbonyl (C=O) groups excluding carboxylic acids is 2. The minimum absolute atomic E-state index is 0.195. The summed E-state index contributed by atoms with van der Waals surface area (Å²) in [4.78, 5) is 23.3. The molecule has 0 radical (unpaired) electrons. The number of rotatable bonds is 19. The van der Waals surface area contributed by atoms with Crippen molar-refractivity contribution < 1.29 is 24.5 Å². The maximum Gasteiger partial charge on any atom is 0.345 e. The number of ketones is 1. The summed E-state index contributed by atoms with van der Waals surface area (Å²) in [7, 11) is 0. The molecule has 0 spiro atoms. The summed E-state index contributed by atoms with van der Waals surface area (Å²) >= 11 is 0. The number of ether oxygens (including phenoxy) is 1. The van der Waals surface area contributed by atoms with Crippen LogP contribution in [0.3, 0.4) is 0 Å². The van der Waals surface area contributed by atoms with Crippen molar-refractivity contribution in [3.8, 4) is 0 Å². The second-order valence-corrected chi connectivity index (χ2v) is 8.20. The Labute approximate surface area is 172 Å². The molecule has 0 aromatic heterocycles. The standard InChI is InChI=1S/C23H44O5/c1-4-5-6-7-8-9-10-11-12-13-14-15-16-17-18-19-28-22(26)23(3,27)21(25)20(2)24/h20,24,27H,4-19H2,1-3H3. The van der Waals surface area contributed by atoms with Gasteiger partial charge in [-0.3, -0.25) is 4.79 Å². The van der Waals surface area contributed by atoms with Gasteiger partial charge in [-0.2, -0.15) is 0 Å². The van der Waals surface area contributed by atoms with Crippen molar-refractivity contribution >= 4 is 11.8 Å². The van der Waals surface area contributed by atoms with Gasteiger partial charge in [0.15, 0.2) is 0 Å². The number of unbranched alkanes of at least 4 members (excludes halogenated alkanes) is 14. The molecule has 0 aromatic carbocycles. The minimum atomic E-state index is -2.27. The van der Waals surface area contributed by atoms with Crippen molar-refractivity contribution in [3.63, 3.8) is 0 Å². The summed E-state index contributed by atoms with van der Waals surface area (Å²) in [5, 5.41) is 19.1. The van der Waals surface area contributed by atoms with Gasteiger partial charge >= 0.3 is 5.97 Å². The van der Waals surface area contributed by atoms with Crippen LogP contribution in [0.1, 0.15) is 117 Å². The molecule has 0 aliphatic rings. The van der Waals surface area contributed by atoms with E-state index < -0.39 is 23.5 Å². The van der Waals surface area contributed by atoms with Crippen LogP contribution in [0.25, 0.3) is 0 Å². The van der Waals surface area contributed by atoms with Crippen LogP contribution in [-0.2, 0) is 14.3 Å². The lowest BCUT2D eigenvalue weighted by Gasteiger charge is -2.21. The van der Waals surface area contributed by atoms with Gasteiger partial charge in [-0.1, -0.05) is 96.8 Å². The van der Waals surface area contributed by atoms with Crippen molar-refractivity contribution in [2.24, 2.45) is 0 Å². The zero-order valence-electron chi connectivity index (χ0n) is 18.5. The lowest BCUT2D eigenvalue weighted by molar-refractivity contribution is -0.171. The SMILES string of the molecule is CCCCCCCCCCCCCCCCCOC(=O)C(C)(O)C(=O)C(C)O. The third kappa shape index (κ3) is 13.3. The third-order valence-corrected chi connectivity index (χ3v) is 5.24. The Morgan fingerprint density at radius 2 is 1.14 bits per heavy atom. The highest BCUT2D eigenvalue weighted by molar-refractivity contribution is 6.08. The van der Waals surface area contributed by atoms with Gasteiger partial charge in [-0.25, -0.2) is 4.79 Å². The molecule has 0 fully saturated rings. The molecular weight excluding hydrogens is 356 g/mol. The van der Waals surface area contributed by atoms with E-state index >= 15 is 0 Å².